The minimum Gasteiger partial charge on any atom is -0.411 e. The predicted molar refractivity (Wildman–Crippen MR) is 74.3 cm³/mol. The van der Waals surface area contributed by atoms with Gasteiger partial charge in [0.1, 0.15) is 0 Å². The van der Waals surface area contributed by atoms with Gasteiger partial charge in [-0.2, -0.15) is 0 Å². The maximum absolute atomic E-state index is 12.1. The van der Waals surface area contributed by atoms with Crippen LogP contribution in [0.5, 0.6) is 0 Å². The Morgan fingerprint density at radius 3 is 2.55 bits per heavy atom. The first kappa shape index (κ1) is 15.2. The van der Waals surface area contributed by atoms with E-state index in [0.29, 0.717) is 10.6 Å². The molecule has 0 fully saturated rings. The molecule has 6 nitrogen and oxygen atoms in total. The van der Waals surface area contributed by atoms with Crippen molar-refractivity contribution in [2.24, 2.45) is 5.73 Å². The van der Waals surface area contributed by atoms with Crippen LogP contribution >= 0.6 is 23.2 Å². The van der Waals surface area contributed by atoms with E-state index in [1.165, 1.54) is 12.1 Å². The molecule has 9 heteroatoms. The number of aromatic nitrogens is 2. The summed E-state index contributed by atoms with van der Waals surface area (Å²) in [6.07, 6.45) is 0. The Balaban J connectivity index is 2.28. The number of hydrogen-bond acceptors (Lipinski definition) is 6. The van der Waals surface area contributed by atoms with Crippen LogP contribution in [0.25, 0.3) is 0 Å². The molecule has 0 saturated heterocycles. The summed E-state index contributed by atoms with van der Waals surface area (Å²) in [5.74, 6) is -0.248. The van der Waals surface area contributed by atoms with Crippen molar-refractivity contribution in [1.29, 1.82) is 0 Å². The Bertz CT molecular complexity index is 728. The fourth-order valence-electron chi connectivity index (χ4n) is 1.44. The molecule has 0 saturated carbocycles. The van der Waals surface area contributed by atoms with Crippen LogP contribution in [0.3, 0.4) is 0 Å². The highest BCUT2D eigenvalue weighted by Crippen LogP contribution is 2.25. The average molecular weight is 336 g/mol. The number of nitrogens with zero attached hydrogens (tertiary/aromatic N) is 2. The SMILES string of the molecule is CC(N)c1nnc(S(=O)(=O)Cc2ccc(Cl)c(Cl)c2)o1. The molecule has 0 spiro atoms. The fourth-order valence-corrected chi connectivity index (χ4v) is 2.88. The van der Waals surface area contributed by atoms with Gasteiger partial charge in [-0.15, -0.1) is 5.10 Å². The predicted octanol–water partition coefficient (Wildman–Crippen LogP) is 2.37. The summed E-state index contributed by atoms with van der Waals surface area (Å²) in [5, 5.41) is 7.26. The summed E-state index contributed by atoms with van der Waals surface area (Å²) in [4.78, 5) is 0. The molecule has 0 radical (unpaired) electrons. The maximum atomic E-state index is 12.1. The van der Waals surface area contributed by atoms with Gasteiger partial charge in [0.2, 0.25) is 15.7 Å². The van der Waals surface area contributed by atoms with Crippen molar-refractivity contribution >= 4 is 33.0 Å². The molecular formula is C11H11Cl2N3O3S. The summed E-state index contributed by atoms with van der Waals surface area (Å²) in [6.45, 7) is 1.61. The average Bonchev–Trinajstić information content (AvgIpc) is 2.84. The van der Waals surface area contributed by atoms with Crippen LogP contribution in [0.2, 0.25) is 10.0 Å². The third-order valence-corrected chi connectivity index (χ3v) is 4.57. The molecule has 20 heavy (non-hydrogen) atoms. The highest BCUT2D eigenvalue weighted by molar-refractivity contribution is 7.90. The van der Waals surface area contributed by atoms with Gasteiger partial charge >= 0.3 is 5.22 Å². The molecule has 2 N–H and O–H groups in total. The topological polar surface area (TPSA) is 99.1 Å². The van der Waals surface area contributed by atoms with Crippen molar-refractivity contribution in [2.75, 3.05) is 0 Å². The molecule has 0 aliphatic heterocycles. The van der Waals surface area contributed by atoms with Gasteiger partial charge < -0.3 is 10.2 Å². The van der Waals surface area contributed by atoms with E-state index in [2.05, 4.69) is 10.2 Å². The molecule has 0 aliphatic rings. The molecule has 1 atom stereocenters. The lowest BCUT2D eigenvalue weighted by Crippen LogP contribution is -2.06. The van der Waals surface area contributed by atoms with Crippen LogP contribution in [-0.2, 0) is 15.6 Å². The smallest absolute Gasteiger partial charge is 0.335 e. The number of halogens is 2. The largest absolute Gasteiger partial charge is 0.411 e. The highest BCUT2D eigenvalue weighted by atomic mass is 35.5. The summed E-state index contributed by atoms with van der Waals surface area (Å²) < 4.78 is 29.3. The van der Waals surface area contributed by atoms with Crippen molar-refractivity contribution in [3.05, 3.63) is 39.7 Å². The van der Waals surface area contributed by atoms with Crippen LogP contribution in [0, 0.1) is 0 Å². The van der Waals surface area contributed by atoms with Gasteiger partial charge in [-0.05, 0) is 24.6 Å². The Hall–Kier alpha value is -1.15. The molecule has 2 aromatic rings. The first-order valence-corrected chi connectivity index (χ1v) is 7.96. The summed E-state index contributed by atoms with van der Waals surface area (Å²) in [6, 6.07) is 4.03. The van der Waals surface area contributed by atoms with Gasteiger partial charge in [-0.1, -0.05) is 34.4 Å². The second-order valence-electron chi connectivity index (χ2n) is 4.20. The van der Waals surface area contributed by atoms with Crippen molar-refractivity contribution in [3.8, 4) is 0 Å². The monoisotopic (exact) mass is 335 g/mol. The van der Waals surface area contributed by atoms with Crippen LogP contribution in [0.4, 0.5) is 0 Å². The maximum Gasteiger partial charge on any atom is 0.335 e. The van der Waals surface area contributed by atoms with E-state index in [0.717, 1.165) is 0 Å². The van der Waals surface area contributed by atoms with Crippen molar-refractivity contribution in [3.63, 3.8) is 0 Å². The summed E-state index contributed by atoms with van der Waals surface area (Å²) in [5.41, 5.74) is 6.01. The lowest BCUT2D eigenvalue weighted by molar-refractivity contribution is 0.380. The lowest BCUT2D eigenvalue weighted by Gasteiger charge is -2.02. The van der Waals surface area contributed by atoms with Crippen LogP contribution < -0.4 is 5.73 Å². The first-order chi connectivity index (χ1) is 9.29. The second kappa shape index (κ2) is 5.69. The fraction of sp³-hybridized carbons (Fsp3) is 0.273. The number of rotatable bonds is 4. The Morgan fingerprint density at radius 2 is 2.00 bits per heavy atom. The standard InChI is InChI=1S/C11H11Cl2N3O3S/c1-6(14)10-15-16-11(19-10)20(17,18)5-7-2-3-8(12)9(13)4-7/h2-4,6H,5,14H2,1H3. The molecule has 0 aliphatic carbocycles. The second-order valence-corrected chi connectivity index (χ2v) is 6.88. The molecular weight excluding hydrogens is 325 g/mol. The van der Waals surface area contributed by atoms with E-state index < -0.39 is 21.1 Å². The number of benzene rings is 1. The van der Waals surface area contributed by atoms with Crippen LogP contribution in [-0.4, -0.2) is 18.6 Å². The highest BCUT2D eigenvalue weighted by Gasteiger charge is 2.24. The minimum absolute atomic E-state index is 0.0673. The molecule has 108 valence electrons. The van der Waals surface area contributed by atoms with E-state index in [9.17, 15) is 8.42 Å². The van der Waals surface area contributed by atoms with Gasteiger partial charge in [0, 0.05) is 0 Å². The van der Waals surface area contributed by atoms with E-state index in [1.54, 1.807) is 13.0 Å². The van der Waals surface area contributed by atoms with Gasteiger partial charge in [0.05, 0.1) is 21.8 Å². The zero-order valence-electron chi connectivity index (χ0n) is 10.4. The molecule has 0 amide bonds. The normalized spacial score (nSPS) is 13.4. The Labute approximate surface area is 125 Å². The molecule has 2 rings (SSSR count). The minimum atomic E-state index is -3.75. The molecule has 1 aromatic carbocycles. The summed E-state index contributed by atoms with van der Waals surface area (Å²) >= 11 is 11.6. The molecule has 1 unspecified atom stereocenters. The summed E-state index contributed by atoms with van der Waals surface area (Å²) in [7, 11) is -3.75. The van der Waals surface area contributed by atoms with Crippen molar-refractivity contribution < 1.29 is 12.8 Å². The number of nitrogens with two attached hydrogens (primary N) is 1. The van der Waals surface area contributed by atoms with Gasteiger partial charge in [-0.25, -0.2) is 8.42 Å². The van der Waals surface area contributed by atoms with E-state index in [1.807, 2.05) is 0 Å². The van der Waals surface area contributed by atoms with Gasteiger partial charge in [0.25, 0.3) is 0 Å². The van der Waals surface area contributed by atoms with Crippen LogP contribution in [0.15, 0.2) is 27.8 Å². The Kier molecular flexibility index (Phi) is 4.33. The zero-order chi connectivity index (χ0) is 14.9. The zero-order valence-corrected chi connectivity index (χ0v) is 12.7. The first-order valence-electron chi connectivity index (χ1n) is 5.55. The Morgan fingerprint density at radius 1 is 1.30 bits per heavy atom. The quantitative estimate of drug-likeness (QED) is 0.920. The van der Waals surface area contributed by atoms with E-state index >= 15 is 0 Å². The lowest BCUT2D eigenvalue weighted by atomic mass is 10.2. The van der Waals surface area contributed by atoms with E-state index in [4.69, 9.17) is 33.4 Å². The molecule has 0 bridgehead atoms. The molecule has 1 aromatic heterocycles. The third-order valence-electron chi connectivity index (χ3n) is 2.42. The number of hydrogen-bond donors (Lipinski definition) is 1. The van der Waals surface area contributed by atoms with Gasteiger partial charge in [0.15, 0.2) is 0 Å². The number of sulfone groups is 1. The van der Waals surface area contributed by atoms with Crippen LogP contribution in [0.1, 0.15) is 24.4 Å². The third kappa shape index (κ3) is 3.29. The van der Waals surface area contributed by atoms with Crippen molar-refractivity contribution in [2.45, 2.75) is 23.9 Å². The van der Waals surface area contributed by atoms with Crippen molar-refractivity contribution in [1.82, 2.24) is 10.2 Å². The molecule has 1 heterocycles. The van der Waals surface area contributed by atoms with E-state index in [-0.39, 0.29) is 16.7 Å². The van der Waals surface area contributed by atoms with Gasteiger partial charge in [-0.3, -0.25) is 0 Å².